The number of aliphatic imine (C=N–C) groups is 1. The number of allylic oxidation sites excluding steroid dienone is 3. The molecule has 0 atom stereocenters. The van der Waals surface area contributed by atoms with Gasteiger partial charge in [-0.05, 0) is 38.6 Å². The van der Waals surface area contributed by atoms with E-state index < -0.39 is 0 Å². The molecule has 34 heavy (non-hydrogen) atoms. The zero-order valence-electron chi connectivity index (χ0n) is 20.0. The van der Waals surface area contributed by atoms with Crippen LogP contribution in [0.1, 0.15) is 57.2 Å². The van der Waals surface area contributed by atoms with Crippen molar-refractivity contribution in [3.05, 3.63) is 48.8 Å². The SMILES string of the molecule is CCN1CCC(n2cc(-c3c[nH]c4ncc(C5=C/N=C/NCCCCC/C=C\5)nc34)cn2)CC1. The molecule has 0 amide bonds. The lowest BCUT2D eigenvalue weighted by atomic mass is 10.1. The zero-order chi connectivity index (χ0) is 23.2. The fraction of sp³-hybridized carbons (Fsp3) is 0.462. The molecule has 0 spiro atoms. The molecule has 3 aromatic heterocycles. The summed E-state index contributed by atoms with van der Waals surface area (Å²) in [6.45, 7) is 6.59. The Hall–Kier alpha value is -3.26. The van der Waals surface area contributed by atoms with Crippen molar-refractivity contribution in [3.8, 4) is 11.1 Å². The van der Waals surface area contributed by atoms with Crippen molar-refractivity contribution in [1.82, 2.24) is 34.9 Å². The van der Waals surface area contributed by atoms with Gasteiger partial charge in [0.25, 0.3) is 0 Å². The first-order chi connectivity index (χ1) is 16.8. The van der Waals surface area contributed by atoms with E-state index in [1.807, 2.05) is 24.8 Å². The number of piperidine rings is 1. The molecule has 5 rings (SSSR count). The second kappa shape index (κ2) is 10.8. The van der Waals surface area contributed by atoms with E-state index in [1.54, 1.807) is 6.34 Å². The van der Waals surface area contributed by atoms with Gasteiger partial charge in [0, 0.05) is 54.9 Å². The Morgan fingerprint density at radius 2 is 2.03 bits per heavy atom. The van der Waals surface area contributed by atoms with Gasteiger partial charge in [0.2, 0.25) is 0 Å². The summed E-state index contributed by atoms with van der Waals surface area (Å²) in [5, 5.41) is 7.96. The number of H-pyrrole nitrogens is 1. The monoisotopic (exact) mass is 458 g/mol. The summed E-state index contributed by atoms with van der Waals surface area (Å²) in [5.74, 6) is 0. The first-order valence-corrected chi connectivity index (χ1v) is 12.5. The number of rotatable bonds is 4. The predicted molar refractivity (Wildman–Crippen MR) is 138 cm³/mol. The van der Waals surface area contributed by atoms with Crippen LogP contribution in [-0.2, 0) is 0 Å². The quantitative estimate of drug-likeness (QED) is 0.598. The number of fused-ring (bicyclic) bond motifs is 1. The summed E-state index contributed by atoms with van der Waals surface area (Å²) in [6, 6.07) is 0.460. The van der Waals surface area contributed by atoms with Crippen molar-refractivity contribution in [2.45, 2.75) is 51.5 Å². The minimum atomic E-state index is 0.460. The van der Waals surface area contributed by atoms with E-state index in [0.717, 1.165) is 79.0 Å². The Morgan fingerprint density at radius 3 is 2.91 bits per heavy atom. The highest BCUT2D eigenvalue weighted by atomic mass is 15.3. The smallest absolute Gasteiger partial charge is 0.156 e. The van der Waals surface area contributed by atoms with Crippen LogP contribution >= 0.6 is 0 Å². The van der Waals surface area contributed by atoms with Crippen LogP contribution in [0.25, 0.3) is 27.9 Å². The molecular formula is C26H34N8. The van der Waals surface area contributed by atoms with Crippen molar-refractivity contribution < 1.29 is 0 Å². The van der Waals surface area contributed by atoms with Gasteiger partial charge in [-0.3, -0.25) is 4.68 Å². The molecule has 2 aliphatic rings. The minimum absolute atomic E-state index is 0.460. The molecule has 8 nitrogen and oxygen atoms in total. The first kappa shape index (κ1) is 22.5. The second-order valence-corrected chi connectivity index (χ2v) is 9.10. The van der Waals surface area contributed by atoms with E-state index in [9.17, 15) is 0 Å². The van der Waals surface area contributed by atoms with Gasteiger partial charge in [-0.2, -0.15) is 5.10 Å². The predicted octanol–water partition coefficient (Wildman–Crippen LogP) is 4.57. The number of hydrogen-bond donors (Lipinski definition) is 2. The van der Waals surface area contributed by atoms with Crippen LogP contribution < -0.4 is 5.32 Å². The van der Waals surface area contributed by atoms with Crippen LogP contribution in [0.5, 0.6) is 0 Å². The number of hydrogen-bond acceptors (Lipinski definition) is 6. The largest absolute Gasteiger partial charge is 0.376 e. The topological polar surface area (TPSA) is 87.0 Å². The van der Waals surface area contributed by atoms with Gasteiger partial charge in [-0.25, -0.2) is 15.0 Å². The molecule has 1 fully saturated rings. The van der Waals surface area contributed by atoms with E-state index in [1.165, 1.54) is 19.3 Å². The van der Waals surface area contributed by atoms with Gasteiger partial charge in [-0.1, -0.05) is 25.5 Å². The molecular weight excluding hydrogens is 424 g/mol. The molecule has 0 aromatic carbocycles. The van der Waals surface area contributed by atoms with Gasteiger partial charge in [0.15, 0.2) is 5.65 Å². The number of aromatic nitrogens is 5. The molecule has 2 aliphatic heterocycles. The molecule has 0 unspecified atom stereocenters. The first-order valence-electron chi connectivity index (χ1n) is 12.5. The summed E-state index contributed by atoms with van der Waals surface area (Å²) in [4.78, 5) is 19.9. The van der Waals surface area contributed by atoms with E-state index in [-0.39, 0.29) is 0 Å². The average Bonchev–Trinajstić information content (AvgIpc) is 3.51. The van der Waals surface area contributed by atoms with Crippen molar-refractivity contribution in [2.24, 2.45) is 4.99 Å². The molecule has 8 heteroatoms. The van der Waals surface area contributed by atoms with Crippen molar-refractivity contribution in [1.29, 1.82) is 0 Å². The van der Waals surface area contributed by atoms with Crippen molar-refractivity contribution in [3.63, 3.8) is 0 Å². The standard InChI is InChI=1S/C26H34N8/c1-2-33-12-9-22(10-13-33)34-18-21(15-31-34)23-16-29-26-25(23)32-24(17-30-26)20-8-6-4-3-5-7-11-27-19-28-14-20/h6,8,14-19,22H,2-5,7,9-13H2,1H3,(H,27,28)(H,29,30)/b8-6-,20-14+. The highest BCUT2D eigenvalue weighted by Gasteiger charge is 2.21. The molecule has 5 heterocycles. The maximum absolute atomic E-state index is 5.00. The molecule has 2 N–H and O–H groups in total. The van der Waals surface area contributed by atoms with Crippen LogP contribution in [0, 0.1) is 0 Å². The third kappa shape index (κ3) is 5.12. The third-order valence-electron chi connectivity index (χ3n) is 6.84. The van der Waals surface area contributed by atoms with Gasteiger partial charge >= 0.3 is 0 Å². The summed E-state index contributed by atoms with van der Waals surface area (Å²) in [6.07, 6.45) is 22.8. The van der Waals surface area contributed by atoms with Crippen LogP contribution in [-0.4, -0.2) is 62.1 Å². The Labute approximate surface area is 200 Å². The number of aromatic amines is 1. The number of nitrogens with zero attached hydrogens (tertiary/aromatic N) is 6. The molecule has 0 saturated carbocycles. The molecule has 178 valence electrons. The number of likely N-dealkylation sites (tertiary alicyclic amines) is 1. The van der Waals surface area contributed by atoms with Gasteiger partial charge in [0.1, 0.15) is 5.52 Å². The van der Waals surface area contributed by atoms with E-state index in [4.69, 9.17) is 10.1 Å². The molecule has 0 aliphatic carbocycles. The van der Waals surface area contributed by atoms with Crippen LogP contribution in [0.4, 0.5) is 0 Å². The normalized spacial score (nSPS) is 22.3. The fourth-order valence-electron chi connectivity index (χ4n) is 4.73. The lowest BCUT2D eigenvalue weighted by Gasteiger charge is -2.31. The Bertz CT molecular complexity index is 1180. The van der Waals surface area contributed by atoms with E-state index in [0.29, 0.717) is 6.04 Å². The van der Waals surface area contributed by atoms with E-state index >= 15 is 0 Å². The van der Waals surface area contributed by atoms with Crippen molar-refractivity contribution in [2.75, 3.05) is 26.2 Å². The van der Waals surface area contributed by atoms with E-state index in [2.05, 4.69) is 55.1 Å². The minimum Gasteiger partial charge on any atom is -0.376 e. The lowest BCUT2D eigenvalue weighted by Crippen LogP contribution is -2.34. The molecule has 3 aromatic rings. The Balaban J connectivity index is 1.41. The summed E-state index contributed by atoms with van der Waals surface area (Å²) in [5.41, 5.74) is 5.52. The molecule has 0 radical (unpaired) electrons. The van der Waals surface area contributed by atoms with Gasteiger partial charge in [0.05, 0.1) is 30.5 Å². The lowest BCUT2D eigenvalue weighted by molar-refractivity contribution is 0.187. The second-order valence-electron chi connectivity index (χ2n) is 9.10. The van der Waals surface area contributed by atoms with Crippen LogP contribution in [0.15, 0.2) is 48.1 Å². The summed E-state index contributed by atoms with van der Waals surface area (Å²) >= 11 is 0. The number of nitrogens with one attached hydrogen (secondary N) is 2. The third-order valence-corrected chi connectivity index (χ3v) is 6.84. The summed E-state index contributed by atoms with van der Waals surface area (Å²) < 4.78 is 2.14. The Morgan fingerprint density at radius 1 is 1.12 bits per heavy atom. The molecule has 0 bridgehead atoms. The van der Waals surface area contributed by atoms with Crippen LogP contribution in [0.3, 0.4) is 0 Å². The maximum Gasteiger partial charge on any atom is 0.156 e. The van der Waals surface area contributed by atoms with Crippen LogP contribution in [0.2, 0.25) is 0 Å². The highest BCUT2D eigenvalue weighted by Crippen LogP contribution is 2.30. The summed E-state index contributed by atoms with van der Waals surface area (Å²) in [7, 11) is 0. The van der Waals surface area contributed by atoms with Gasteiger partial charge in [-0.15, -0.1) is 0 Å². The maximum atomic E-state index is 5.00. The van der Waals surface area contributed by atoms with Crippen molar-refractivity contribution >= 4 is 23.1 Å². The fourth-order valence-corrected chi connectivity index (χ4v) is 4.73. The average molecular weight is 459 g/mol. The molecule has 1 saturated heterocycles. The Kier molecular flexibility index (Phi) is 7.14. The van der Waals surface area contributed by atoms with Gasteiger partial charge < -0.3 is 15.2 Å². The zero-order valence-corrected chi connectivity index (χ0v) is 20.0. The highest BCUT2D eigenvalue weighted by molar-refractivity contribution is 5.91.